The molecule has 0 atom stereocenters. The van der Waals surface area contributed by atoms with Crippen LogP contribution >= 0.6 is 0 Å². The molecule has 0 radical (unpaired) electrons. The number of nitro groups is 1. The third-order valence-corrected chi connectivity index (χ3v) is 3.05. The average molecular weight is 328 g/mol. The fourth-order valence-corrected chi connectivity index (χ4v) is 1.79. The van der Waals surface area contributed by atoms with Crippen molar-refractivity contribution in [2.24, 2.45) is 5.10 Å². The SMILES string of the molecule is COc1ccc(NCC(=O)N/N=C/c2ccc([N+](=O)[O-])cc2)cc1. The zero-order valence-electron chi connectivity index (χ0n) is 12.9. The van der Waals surface area contributed by atoms with Crippen LogP contribution < -0.4 is 15.5 Å². The predicted molar refractivity (Wildman–Crippen MR) is 90.3 cm³/mol. The summed E-state index contributed by atoms with van der Waals surface area (Å²) >= 11 is 0. The standard InChI is InChI=1S/C16H16N4O4/c1-24-15-8-4-13(5-9-15)17-11-16(21)19-18-10-12-2-6-14(7-3-12)20(22)23/h2-10,17H,11H2,1H3,(H,19,21)/b18-10+. The lowest BCUT2D eigenvalue weighted by Crippen LogP contribution is -2.25. The van der Waals surface area contributed by atoms with Crippen LogP contribution in [-0.2, 0) is 4.79 Å². The highest BCUT2D eigenvalue weighted by molar-refractivity contribution is 5.84. The Kier molecular flexibility index (Phi) is 5.84. The molecule has 0 saturated heterocycles. The molecular formula is C16H16N4O4. The fraction of sp³-hybridized carbons (Fsp3) is 0.125. The van der Waals surface area contributed by atoms with Crippen molar-refractivity contribution in [3.63, 3.8) is 0 Å². The van der Waals surface area contributed by atoms with Crippen molar-refractivity contribution >= 4 is 23.5 Å². The van der Waals surface area contributed by atoms with Gasteiger partial charge in [-0.25, -0.2) is 5.43 Å². The zero-order valence-corrected chi connectivity index (χ0v) is 12.9. The number of methoxy groups -OCH3 is 1. The second kappa shape index (κ2) is 8.28. The Labute approximate surface area is 138 Å². The van der Waals surface area contributed by atoms with Crippen LogP contribution in [0.4, 0.5) is 11.4 Å². The largest absolute Gasteiger partial charge is 0.497 e. The van der Waals surface area contributed by atoms with Crippen LogP contribution in [0.15, 0.2) is 53.6 Å². The summed E-state index contributed by atoms with van der Waals surface area (Å²) < 4.78 is 5.05. The van der Waals surface area contributed by atoms with Gasteiger partial charge >= 0.3 is 0 Å². The molecule has 0 aliphatic rings. The number of hydrazone groups is 1. The van der Waals surface area contributed by atoms with Gasteiger partial charge in [-0.1, -0.05) is 0 Å². The van der Waals surface area contributed by atoms with Gasteiger partial charge in [0.15, 0.2) is 0 Å². The molecule has 2 aromatic rings. The van der Waals surface area contributed by atoms with Gasteiger partial charge in [0.05, 0.1) is 24.8 Å². The number of carbonyl (C=O) groups is 1. The summed E-state index contributed by atoms with van der Waals surface area (Å²) in [6.45, 7) is 0.0595. The second-order valence-electron chi connectivity index (χ2n) is 4.72. The maximum atomic E-state index is 11.7. The summed E-state index contributed by atoms with van der Waals surface area (Å²) in [5, 5.41) is 17.3. The van der Waals surface area contributed by atoms with E-state index in [0.717, 1.165) is 11.4 Å². The van der Waals surface area contributed by atoms with Gasteiger partial charge in [0.25, 0.3) is 11.6 Å². The van der Waals surface area contributed by atoms with Gasteiger partial charge < -0.3 is 10.1 Å². The van der Waals surface area contributed by atoms with Gasteiger partial charge in [-0.2, -0.15) is 5.10 Å². The number of nitro benzene ring substituents is 1. The summed E-state index contributed by atoms with van der Waals surface area (Å²) in [4.78, 5) is 21.7. The molecule has 124 valence electrons. The first-order valence-corrected chi connectivity index (χ1v) is 7.03. The Bertz CT molecular complexity index is 727. The number of hydrogen-bond donors (Lipinski definition) is 2. The van der Waals surface area contributed by atoms with Crippen LogP contribution in [0.3, 0.4) is 0 Å². The molecule has 2 N–H and O–H groups in total. The van der Waals surface area contributed by atoms with Crippen molar-refractivity contribution < 1.29 is 14.5 Å². The van der Waals surface area contributed by atoms with E-state index >= 15 is 0 Å². The summed E-state index contributed by atoms with van der Waals surface area (Å²) in [5.41, 5.74) is 3.80. The Morgan fingerprint density at radius 1 is 1.21 bits per heavy atom. The smallest absolute Gasteiger partial charge is 0.269 e. The molecule has 8 heteroatoms. The molecule has 0 heterocycles. The van der Waals surface area contributed by atoms with Crippen molar-refractivity contribution in [2.75, 3.05) is 19.0 Å². The molecule has 0 aliphatic carbocycles. The quantitative estimate of drug-likeness (QED) is 0.460. The predicted octanol–water partition coefficient (Wildman–Crippen LogP) is 2.17. The number of non-ortho nitro benzene ring substituents is 1. The Hall–Kier alpha value is -3.42. The summed E-state index contributed by atoms with van der Waals surface area (Å²) in [6, 6.07) is 13.0. The summed E-state index contributed by atoms with van der Waals surface area (Å²) in [5.74, 6) is 0.418. The lowest BCUT2D eigenvalue weighted by atomic mass is 10.2. The first kappa shape index (κ1) is 16.9. The van der Waals surface area contributed by atoms with E-state index in [1.807, 2.05) is 0 Å². The van der Waals surface area contributed by atoms with Gasteiger partial charge in [-0.15, -0.1) is 0 Å². The third kappa shape index (κ3) is 5.09. The zero-order chi connectivity index (χ0) is 17.4. The van der Waals surface area contributed by atoms with Crippen molar-refractivity contribution in [1.29, 1.82) is 0 Å². The van der Waals surface area contributed by atoms with Gasteiger partial charge in [-0.3, -0.25) is 14.9 Å². The minimum absolute atomic E-state index is 0.000114. The molecule has 0 saturated carbocycles. The number of nitrogens with one attached hydrogen (secondary N) is 2. The van der Waals surface area contributed by atoms with E-state index in [0.29, 0.717) is 5.56 Å². The average Bonchev–Trinajstić information content (AvgIpc) is 2.61. The number of hydrogen-bond acceptors (Lipinski definition) is 6. The highest BCUT2D eigenvalue weighted by atomic mass is 16.6. The molecule has 0 aliphatic heterocycles. The molecule has 2 aromatic carbocycles. The highest BCUT2D eigenvalue weighted by Gasteiger charge is 2.03. The minimum atomic E-state index is -0.479. The van der Waals surface area contributed by atoms with E-state index < -0.39 is 4.92 Å². The Morgan fingerprint density at radius 3 is 2.46 bits per heavy atom. The molecule has 8 nitrogen and oxygen atoms in total. The molecule has 0 fully saturated rings. The Morgan fingerprint density at radius 2 is 1.88 bits per heavy atom. The lowest BCUT2D eigenvalue weighted by molar-refractivity contribution is -0.384. The summed E-state index contributed by atoms with van der Waals surface area (Å²) in [6.07, 6.45) is 1.41. The van der Waals surface area contributed by atoms with E-state index in [9.17, 15) is 14.9 Å². The summed E-state index contributed by atoms with van der Waals surface area (Å²) in [7, 11) is 1.58. The molecule has 24 heavy (non-hydrogen) atoms. The molecule has 0 aromatic heterocycles. The number of rotatable bonds is 7. The highest BCUT2D eigenvalue weighted by Crippen LogP contribution is 2.14. The molecule has 0 unspecified atom stereocenters. The van der Waals surface area contributed by atoms with Crippen molar-refractivity contribution in [1.82, 2.24) is 5.43 Å². The van der Waals surface area contributed by atoms with E-state index in [1.165, 1.54) is 18.3 Å². The van der Waals surface area contributed by atoms with Crippen LogP contribution in [-0.4, -0.2) is 30.7 Å². The van der Waals surface area contributed by atoms with E-state index in [1.54, 1.807) is 43.5 Å². The molecule has 1 amide bonds. The minimum Gasteiger partial charge on any atom is -0.497 e. The van der Waals surface area contributed by atoms with Crippen molar-refractivity contribution in [3.8, 4) is 5.75 Å². The van der Waals surface area contributed by atoms with Crippen LogP contribution in [0.5, 0.6) is 5.75 Å². The van der Waals surface area contributed by atoms with Gasteiger partial charge in [-0.05, 0) is 42.0 Å². The fourth-order valence-electron chi connectivity index (χ4n) is 1.79. The molecule has 0 bridgehead atoms. The Balaban J connectivity index is 1.78. The molecular weight excluding hydrogens is 312 g/mol. The molecule has 0 spiro atoms. The number of carbonyl (C=O) groups excluding carboxylic acids is 1. The van der Waals surface area contributed by atoms with Crippen LogP contribution in [0.2, 0.25) is 0 Å². The van der Waals surface area contributed by atoms with Crippen molar-refractivity contribution in [2.45, 2.75) is 0 Å². The maximum Gasteiger partial charge on any atom is 0.269 e. The lowest BCUT2D eigenvalue weighted by Gasteiger charge is -2.06. The monoisotopic (exact) mass is 328 g/mol. The third-order valence-electron chi connectivity index (χ3n) is 3.05. The number of ether oxygens (including phenoxy) is 1. The normalized spacial score (nSPS) is 10.4. The van der Waals surface area contributed by atoms with E-state index in [4.69, 9.17) is 4.74 Å². The van der Waals surface area contributed by atoms with E-state index in [-0.39, 0.29) is 18.1 Å². The molecule has 2 rings (SSSR count). The number of nitrogens with zero attached hydrogens (tertiary/aromatic N) is 2. The van der Waals surface area contributed by atoms with Crippen LogP contribution in [0.1, 0.15) is 5.56 Å². The maximum absolute atomic E-state index is 11.7. The topological polar surface area (TPSA) is 106 Å². The first-order valence-electron chi connectivity index (χ1n) is 7.03. The van der Waals surface area contributed by atoms with Crippen LogP contribution in [0, 0.1) is 10.1 Å². The van der Waals surface area contributed by atoms with Gasteiger partial charge in [0.1, 0.15) is 5.75 Å². The van der Waals surface area contributed by atoms with Gasteiger partial charge in [0, 0.05) is 17.8 Å². The number of benzene rings is 2. The number of amides is 1. The second-order valence-corrected chi connectivity index (χ2v) is 4.72. The number of anilines is 1. The first-order chi connectivity index (χ1) is 11.6. The van der Waals surface area contributed by atoms with Crippen LogP contribution in [0.25, 0.3) is 0 Å². The van der Waals surface area contributed by atoms with Gasteiger partial charge in [0.2, 0.25) is 0 Å². The van der Waals surface area contributed by atoms with E-state index in [2.05, 4.69) is 15.8 Å². The van der Waals surface area contributed by atoms with Crippen molar-refractivity contribution in [3.05, 3.63) is 64.2 Å².